The average molecular weight is 197 g/mol. The van der Waals surface area contributed by atoms with Crippen molar-refractivity contribution in [2.75, 3.05) is 14.2 Å². The van der Waals surface area contributed by atoms with Gasteiger partial charge in [-0.05, 0) is 19.5 Å². The van der Waals surface area contributed by atoms with Crippen molar-refractivity contribution < 1.29 is 10.2 Å². The summed E-state index contributed by atoms with van der Waals surface area (Å²) in [5.41, 5.74) is 0.958. The Labute approximate surface area is 85.4 Å². The summed E-state index contributed by atoms with van der Waals surface area (Å²) in [7, 11) is 2.84. The van der Waals surface area contributed by atoms with Gasteiger partial charge in [-0.25, -0.2) is 0 Å². The Bertz CT molecular complexity index is 226. The standard InChI is InChI=1S/C10H15NO.CH4O/c1-8(11-2)10(12)9-6-4-3-5-7-9;1-2/h3-8,10-12H,1-2H3;2H,1H3. The van der Waals surface area contributed by atoms with E-state index < -0.39 is 6.10 Å². The fourth-order valence-corrected chi connectivity index (χ4v) is 1.10. The maximum Gasteiger partial charge on any atom is 0.0940 e. The minimum absolute atomic E-state index is 0.0902. The molecule has 2 atom stereocenters. The molecule has 0 aliphatic rings. The number of aliphatic hydroxyl groups excluding tert-OH is 2. The highest BCUT2D eigenvalue weighted by Crippen LogP contribution is 2.15. The van der Waals surface area contributed by atoms with Gasteiger partial charge in [0.2, 0.25) is 0 Å². The molecule has 0 amide bonds. The lowest BCUT2D eigenvalue weighted by molar-refractivity contribution is 0.140. The van der Waals surface area contributed by atoms with Crippen LogP contribution in [0.15, 0.2) is 30.3 Å². The van der Waals surface area contributed by atoms with E-state index in [-0.39, 0.29) is 6.04 Å². The monoisotopic (exact) mass is 197 g/mol. The van der Waals surface area contributed by atoms with E-state index in [2.05, 4.69) is 5.32 Å². The molecule has 0 saturated carbocycles. The zero-order valence-electron chi connectivity index (χ0n) is 8.94. The van der Waals surface area contributed by atoms with Gasteiger partial charge < -0.3 is 15.5 Å². The van der Waals surface area contributed by atoms with E-state index in [1.807, 2.05) is 44.3 Å². The third-order valence-electron chi connectivity index (χ3n) is 2.07. The van der Waals surface area contributed by atoms with E-state index in [0.29, 0.717) is 0 Å². The highest BCUT2D eigenvalue weighted by molar-refractivity contribution is 5.18. The molecule has 3 heteroatoms. The summed E-state index contributed by atoms with van der Waals surface area (Å²) in [5, 5.41) is 19.7. The molecular formula is C11H19NO2. The Hall–Kier alpha value is -0.900. The SMILES string of the molecule is CNC(C)C(O)c1ccccc1.CO. The van der Waals surface area contributed by atoms with Crippen LogP contribution in [0.3, 0.4) is 0 Å². The van der Waals surface area contributed by atoms with E-state index in [1.54, 1.807) is 0 Å². The van der Waals surface area contributed by atoms with Gasteiger partial charge in [0.05, 0.1) is 6.10 Å². The molecule has 1 aromatic carbocycles. The molecule has 0 spiro atoms. The van der Waals surface area contributed by atoms with Crippen LogP contribution in [0.1, 0.15) is 18.6 Å². The van der Waals surface area contributed by atoms with Crippen LogP contribution in [0.25, 0.3) is 0 Å². The fourth-order valence-electron chi connectivity index (χ4n) is 1.10. The van der Waals surface area contributed by atoms with Crippen molar-refractivity contribution in [3.8, 4) is 0 Å². The molecule has 80 valence electrons. The molecule has 0 saturated heterocycles. The first kappa shape index (κ1) is 13.1. The van der Waals surface area contributed by atoms with Crippen LogP contribution < -0.4 is 5.32 Å². The van der Waals surface area contributed by atoms with Gasteiger partial charge in [0.25, 0.3) is 0 Å². The van der Waals surface area contributed by atoms with Gasteiger partial charge >= 0.3 is 0 Å². The Kier molecular flexibility index (Phi) is 7.02. The zero-order valence-corrected chi connectivity index (χ0v) is 8.94. The van der Waals surface area contributed by atoms with Crippen LogP contribution in [0.4, 0.5) is 0 Å². The normalized spacial score (nSPS) is 13.8. The van der Waals surface area contributed by atoms with Crippen molar-refractivity contribution in [2.24, 2.45) is 0 Å². The van der Waals surface area contributed by atoms with Gasteiger partial charge in [-0.1, -0.05) is 30.3 Å². The molecule has 2 unspecified atom stereocenters. The largest absolute Gasteiger partial charge is 0.400 e. The topological polar surface area (TPSA) is 52.5 Å². The first-order chi connectivity index (χ1) is 6.75. The molecule has 0 radical (unpaired) electrons. The molecule has 3 nitrogen and oxygen atoms in total. The Morgan fingerprint density at radius 1 is 1.14 bits per heavy atom. The number of nitrogens with one attached hydrogen (secondary N) is 1. The van der Waals surface area contributed by atoms with Crippen LogP contribution in [0.5, 0.6) is 0 Å². The number of aliphatic hydroxyl groups is 2. The summed E-state index contributed by atoms with van der Waals surface area (Å²) in [6.45, 7) is 1.96. The zero-order chi connectivity index (χ0) is 11.0. The summed E-state index contributed by atoms with van der Waals surface area (Å²) < 4.78 is 0. The summed E-state index contributed by atoms with van der Waals surface area (Å²) >= 11 is 0. The molecule has 0 aromatic heterocycles. The summed E-state index contributed by atoms with van der Waals surface area (Å²) in [5.74, 6) is 0. The lowest BCUT2D eigenvalue weighted by Gasteiger charge is -2.17. The second kappa shape index (κ2) is 7.50. The Morgan fingerprint density at radius 3 is 2.07 bits per heavy atom. The summed E-state index contributed by atoms with van der Waals surface area (Å²) in [4.78, 5) is 0. The minimum Gasteiger partial charge on any atom is -0.400 e. The fraction of sp³-hybridized carbons (Fsp3) is 0.455. The smallest absolute Gasteiger partial charge is 0.0940 e. The maximum absolute atomic E-state index is 9.73. The van der Waals surface area contributed by atoms with Crippen LogP contribution in [0.2, 0.25) is 0 Å². The predicted molar refractivity (Wildman–Crippen MR) is 58.1 cm³/mol. The first-order valence-corrected chi connectivity index (χ1v) is 4.60. The van der Waals surface area contributed by atoms with E-state index in [4.69, 9.17) is 5.11 Å². The lowest BCUT2D eigenvalue weighted by Crippen LogP contribution is -2.28. The van der Waals surface area contributed by atoms with Gasteiger partial charge in [-0.3, -0.25) is 0 Å². The molecule has 0 fully saturated rings. The molecule has 0 bridgehead atoms. The van der Waals surface area contributed by atoms with E-state index in [9.17, 15) is 5.11 Å². The second-order valence-electron chi connectivity index (χ2n) is 2.93. The number of rotatable bonds is 3. The number of benzene rings is 1. The van der Waals surface area contributed by atoms with Gasteiger partial charge in [-0.2, -0.15) is 0 Å². The predicted octanol–water partition coefficient (Wildman–Crippen LogP) is 0.936. The van der Waals surface area contributed by atoms with Crippen LogP contribution in [-0.2, 0) is 0 Å². The second-order valence-corrected chi connectivity index (χ2v) is 2.93. The Balaban J connectivity index is 0.000000791. The quantitative estimate of drug-likeness (QED) is 0.676. The molecule has 0 aliphatic carbocycles. The van der Waals surface area contributed by atoms with Gasteiger partial charge in [0.1, 0.15) is 0 Å². The van der Waals surface area contributed by atoms with Crippen molar-refractivity contribution in [1.82, 2.24) is 5.32 Å². The average Bonchev–Trinajstić information content (AvgIpc) is 2.31. The minimum atomic E-state index is -0.420. The Morgan fingerprint density at radius 2 is 1.64 bits per heavy atom. The molecule has 1 aromatic rings. The van der Waals surface area contributed by atoms with Crippen molar-refractivity contribution in [3.63, 3.8) is 0 Å². The number of likely N-dealkylation sites (N-methyl/N-ethyl adjacent to an activating group) is 1. The number of hydrogen-bond donors (Lipinski definition) is 3. The van der Waals surface area contributed by atoms with Crippen molar-refractivity contribution in [3.05, 3.63) is 35.9 Å². The van der Waals surface area contributed by atoms with Gasteiger partial charge in [-0.15, -0.1) is 0 Å². The van der Waals surface area contributed by atoms with E-state index in [0.717, 1.165) is 12.7 Å². The van der Waals surface area contributed by atoms with E-state index >= 15 is 0 Å². The lowest BCUT2D eigenvalue weighted by atomic mass is 10.0. The van der Waals surface area contributed by atoms with Gasteiger partial charge in [0.15, 0.2) is 0 Å². The summed E-state index contributed by atoms with van der Waals surface area (Å²) in [6, 6.07) is 9.76. The van der Waals surface area contributed by atoms with Crippen molar-refractivity contribution >= 4 is 0 Å². The van der Waals surface area contributed by atoms with Crippen molar-refractivity contribution in [1.29, 1.82) is 0 Å². The molecule has 0 aliphatic heterocycles. The summed E-state index contributed by atoms with van der Waals surface area (Å²) in [6.07, 6.45) is -0.420. The number of hydrogen-bond acceptors (Lipinski definition) is 3. The third-order valence-corrected chi connectivity index (χ3v) is 2.07. The molecule has 14 heavy (non-hydrogen) atoms. The van der Waals surface area contributed by atoms with Crippen molar-refractivity contribution in [2.45, 2.75) is 19.1 Å². The molecule has 3 N–H and O–H groups in total. The molecule has 0 heterocycles. The van der Waals surface area contributed by atoms with Crippen LogP contribution in [0, 0.1) is 0 Å². The first-order valence-electron chi connectivity index (χ1n) is 4.60. The van der Waals surface area contributed by atoms with E-state index in [1.165, 1.54) is 0 Å². The maximum atomic E-state index is 9.73. The van der Waals surface area contributed by atoms with Gasteiger partial charge in [0, 0.05) is 13.2 Å². The van der Waals surface area contributed by atoms with Crippen LogP contribution >= 0.6 is 0 Å². The molecular weight excluding hydrogens is 178 g/mol. The van der Waals surface area contributed by atoms with Crippen LogP contribution in [-0.4, -0.2) is 30.4 Å². The highest BCUT2D eigenvalue weighted by Gasteiger charge is 2.12. The molecule has 1 rings (SSSR count). The third kappa shape index (κ3) is 3.87. The highest BCUT2D eigenvalue weighted by atomic mass is 16.3.